The second kappa shape index (κ2) is 10.9. The summed E-state index contributed by atoms with van der Waals surface area (Å²) in [7, 11) is 0. The van der Waals surface area contributed by atoms with Crippen molar-refractivity contribution in [3.63, 3.8) is 0 Å². The van der Waals surface area contributed by atoms with Crippen molar-refractivity contribution in [2.24, 2.45) is 5.10 Å². The molecule has 0 saturated carbocycles. The smallest absolute Gasteiger partial charge is 0.289 e. The molecule has 1 heterocycles. The van der Waals surface area contributed by atoms with Crippen LogP contribution in [-0.4, -0.2) is 22.3 Å². The molecule has 0 unspecified atom stereocenters. The number of nitrogens with zero attached hydrogens (tertiary/aromatic N) is 2. The Labute approximate surface area is 199 Å². The van der Waals surface area contributed by atoms with Crippen molar-refractivity contribution < 1.29 is 9.53 Å². The molecule has 0 atom stereocenters. The molecule has 0 aliphatic carbocycles. The van der Waals surface area contributed by atoms with Gasteiger partial charge in [-0.2, -0.15) is 10.2 Å². The number of hydrogen-bond acceptors (Lipinski definition) is 4. The number of H-pyrrole nitrogens is 1. The molecule has 34 heavy (non-hydrogen) atoms. The first kappa shape index (κ1) is 22.7. The molecule has 4 rings (SSSR count). The van der Waals surface area contributed by atoms with E-state index in [4.69, 9.17) is 4.74 Å². The quantitative estimate of drug-likeness (QED) is 0.264. The van der Waals surface area contributed by atoms with E-state index < -0.39 is 0 Å². The van der Waals surface area contributed by atoms with Crippen LogP contribution in [0.4, 0.5) is 0 Å². The van der Waals surface area contributed by atoms with E-state index in [-0.39, 0.29) is 5.91 Å². The topological polar surface area (TPSA) is 79.4 Å². The van der Waals surface area contributed by atoms with Gasteiger partial charge in [0.2, 0.25) is 0 Å². The molecule has 0 spiro atoms. The van der Waals surface area contributed by atoms with Crippen LogP contribution in [0.25, 0.3) is 17.3 Å². The third-order valence-electron chi connectivity index (χ3n) is 5.13. The molecule has 170 valence electrons. The highest BCUT2D eigenvalue weighted by Crippen LogP contribution is 2.22. The van der Waals surface area contributed by atoms with E-state index in [1.54, 1.807) is 12.3 Å². The number of amides is 1. The molecule has 0 aliphatic heterocycles. The fourth-order valence-electron chi connectivity index (χ4n) is 3.26. The van der Waals surface area contributed by atoms with E-state index >= 15 is 0 Å². The highest BCUT2D eigenvalue weighted by atomic mass is 16.5. The number of benzene rings is 3. The first-order chi connectivity index (χ1) is 16.6. The van der Waals surface area contributed by atoms with Gasteiger partial charge in [0, 0.05) is 5.56 Å². The maximum absolute atomic E-state index is 12.4. The van der Waals surface area contributed by atoms with E-state index in [2.05, 4.69) is 51.9 Å². The number of aromatic amines is 1. The van der Waals surface area contributed by atoms with Gasteiger partial charge in [0.25, 0.3) is 5.91 Å². The third-order valence-corrected chi connectivity index (χ3v) is 5.13. The maximum atomic E-state index is 12.4. The fraction of sp³-hybridized carbons (Fsp3) is 0.107. The largest absolute Gasteiger partial charge is 0.489 e. The number of ether oxygens (including phenoxy) is 1. The Morgan fingerprint density at radius 3 is 2.50 bits per heavy atom. The Bertz CT molecular complexity index is 1290. The van der Waals surface area contributed by atoms with Crippen LogP contribution in [0.2, 0.25) is 0 Å². The van der Waals surface area contributed by atoms with Gasteiger partial charge in [0.15, 0.2) is 0 Å². The number of rotatable bonds is 8. The normalized spacial score (nSPS) is 11.5. The lowest BCUT2D eigenvalue weighted by molar-refractivity contribution is 0.0950. The predicted octanol–water partition coefficient (Wildman–Crippen LogP) is 5.78. The molecular formula is C28H26N4O2. The van der Waals surface area contributed by atoms with Crippen molar-refractivity contribution in [3.8, 4) is 17.0 Å². The van der Waals surface area contributed by atoms with Crippen LogP contribution in [0, 0.1) is 6.92 Å². The van der Waals surface area contributed by atoms with Crippen LogP contribution >= 0.6 is 0 Å². The molecule has 4 aromatic rings. The Hall–Kier alpha value is -4.45. The number of allylic oxidation sites excluding steroid dienone is 1. The first-order valence-electron chi connectivity index (χ1n) is 11.0. The van der Waals surface area contributed by atoms with Gasteiger partial charge in [-0.15, -0.1) is 0 Å². The van der Waals surface area contributed by atoms with E-state index in [1.807, 2.05) is 67.6 Å². The van der Waals surface area contributed by atoms with Crippen LogP contribution in [0.15, 0.2) is 95.6 Å². The highest BCUT2D eigenvalue weighted by Gasteiger charge is 2.10. The zero-order chi connectivity index (χ0) is 23.8. The lowest BCUT2D eigenvalue weighted by Gasteiger charge is -2.07. The van der Waals surface area contributed by atoms with Gasteiger partial charge < -0.3 is 4.74 Å². The zero-order valence-electron chi connectivity index (χ0n) is 19.2. The van der Waals surface area contributed by atoms with Gasteiger partial charge in [-0.25, -0.2) is 5.43 Å². The molecule has 2 N–H and O–H groups in total. The molecule has 6 nitrogen and oxygen atoms in total. The second-order valence-electron chi connectivity index (χ2n) is 7.96. The second-order valence-corrected chi connectivity index (χ2v) is 7.96. The Kier molecular flexibility index (Phi) is 7.30. The first-order valence-corrected chi connectivity index (χ1v) is 11.0. The van der Waals surface area contributed by atoms with Crippen molar-refractivity contribution in [1.29, 1.82) is 0 Å². The van der Waals surface area contributed by atoms with Crippen molar-refractivity contribution in [2.45, 2.75) is 20.5 Å². The maximum Gasteiger partial charge on any atom is 0.289 e. The van der Waals surface area contributed by atoms with Crippen molar-refractivity contribution in [2.75, 3.05) is 0 Å². The number of aryl methyl sites for hydroxylation is 1. The van der Waals surface area contributed by atoms with Crippen molar-refractivity contribution in [1.82, 2.24) is 15.6 Å². The van der Waals surface area contributed by atoms with Crippen LogP contribution in [0.1, 0.15) is 34.1 Å². The van der Waals surface area contributed by atoms with E-state index in [0.717, 1.165) is 28.0 Å². The molecule has 0 aliphatic rings. The summed E-state index contributed by atoms with van der Waals surface area (Å²) >= 11 is 0. The van der Waals surface area contributed by atoms with Gasteiger partial charge >= 0.3 is 0 Å². The van der Waals surface area contributed by atoms with Crippen LogP contribution in [-0.2, 0) is 6.61 Å². The summed E-state index contributed by atoms with van der Waals surface area (Å²) in [5, 5.41) is 11.0. The van der Waals surface area contributed by atoms with Crippen molar-refractivity contribution in [3.05, 3.63) is 113 Å². The Morgan fingerprint density at radius 1 is 1.03 bits per heavy atom. The summed E-state index contributed by atoms with van der Waals surface area (Å²) in [5.74, 6) is 0.409. The number of carbonyl (C=O) groups is 1. The summed E-state index contributed by atoms with van der Waals surface area (Å²) in [5.41, 5.74) is 8.73. The molecule has 0 bridgehead atoms. The van der Waals surface area contributed by atoms with E-state index in [0.29, 0.717) is 18.0 Å². The molecule has 0 radical (unpaired) electrons. The molecule has 0 fully saturated rings. The number of hydrazone groups is 1. The summed E-state index contributed by atoms with van der Waals surface area (Å²) in [6.45, 7) is 4.49. The van der Waals surface area contributed by atoms with E-state index in [1.165, 1.54) is 5.56 Å². The van der Waals surface area contributed by atoms with Gasteiger partial charge in [0.1, 0.15) is 18.1 Å². The van der Waals surface area contributed by atoms with Gasteiger partial charge in [0.05, 0.1) is 11.9 Å². The fourth-order valence-corrected chi connectivity index (χ4v) is 3.26. The molecule has 0 saturated heterocycles. The lowest BCUT2D eigenvalue weighted by Crippen LogP contribution is -2.17. The highest BCUT2D eigenvalue weighted by molar-refractivity contribution is 5.94. The van der Waals surface area contributed by atoms with Gasteiger partial charge in [-0.05, 0) is 60.9 Å². The monoisotopic (exact) mass is 450 g/mol. The third kappa shape index (κ3) is 6.29. The number of aromatic nitrogens is 2. The van der Waals surface area contributed by atoms with Gasteiger partial charge in [-0.1, -0.05) is 66.2 Å². The summed E-state index contributed by atoms with van der Waals surface area (Å²) < 4.78 is 5.85. The zero-order valence-corrected chi connectivity index (χ0v) is 19.2. The standard InChI is InChI=1S/C28H26N4O2/c1-20-8-10-23(11-9-20)19-34-25-14-12-24(13-15-25)26-17-27(31-30-26)28(33)32-29-18-21(2)16-22-6-4-3-5-7-22/h3-18H,19H2,1-2H3,(H,30,31)(H,32,33)/b21-16+,29-18+. The number of nitrogens with one attached hydrogen (secondary N) is 2. The number of hydrogen-bond donors (Lipinski definition) is 2. The average molecular weight is 451 g/mol. The minimum atomic E-state index is -0.361. The summed E-state index contributed by atoms with van der Waals surface area (Å²) in [4.78, 5) is 12.4. The lowest BCUT2D eigenvalue weighted by atomic mass is 10.1. The summed E-state index contributed by atoms with van der Waals surface area (Å²) in [6.07, 6.45) is 3.59. The average Bonchev–Trinajstić information content (AvgIpc) is 3.35. The number of carbonyl (C=O) groups excluding carboxylic acids is 1. The molecule has 6 heteroatoms. The predicted molar refractivity (Wildman–Crippen MR) is 136 cm³/mol. The molecule has 3 aromatic carbocycles. The van der Waals surface area contributed by atoms with Gasteiger partial charge in [-0.3, -0.25) is 9.89 Å². The molecule has 1 aromatic heterocycles. The summed E-state index contributed by atoms with van der Waals surface area (Å²) in [6, 6.07) is 27.5. The van der Waals surface area contributed by atoms with E-state index in [9.17, 15) is 4.79 Å². The van der Waals surface area contributed by atoms with Crippen LogP contribution in [0.5, 0.6) is 5.75 Å². The Morgan fingerprint density at radius 2 is 1.76 bits per heavy atom. The van der Waals surface area contributed by atoms with Crippen LogP contribution in [0.3, 0.4) is 0 Å². The van der Waals surface area contributed by atoms with Crippen molar-refractivity contribution >= 4 is 18.2 Å². The Balaban J connectivity index is 1.32. The van der Waals surface area contributed by atoms with Crippen LogP contribution < -0.4 is 10.2 Å². The molecular weight excluding hydrogens is 424 g/mol. The molecule has 1 amide bonds. The minimum Gasteiger partial charge on any atom is -0.489 e. The SMILES string of the molecule is CC(/C=N/NC(=O)c1cc(-c2ccc(OCc3ccc(C)cc3)cc2)n[nH]1)=C\c1ccccc1. The minimum absolute atomic E-state index is 0.330.